The van der Waals surface area contributed by atoms with Crippen LogP contribution in [-0.4, -0.2) is 50.4 Å². The van der Waals surface area contributed by atoms with E-state index in [1.807, 2.05) is 37.3 Å². The number of pyridine rings is 1. The summed E-state index contributed by atoms with van der Waals surface area (Å²) in [5.74, 6) is -1.72. The molecule has 8 N–H and O–H groups in total. The molecule has 1 aliphatic carbocycles. The van der Waals surface area contributed by atoms with Gasteiger partial charge in [0.25, 0.3) is 0 Å². The van der Waals surface area contributed by atoms with Crippen LogP contribution in [0.15, 0.2) is 64.3 Å². The zero-order chi connectivity index (χ0) is 34.1. The van der Waals surface area contributed by atoms with Crippen molar-refractivity contribution in [1.82, 2.24) is 20.3 Å². The Morgan fingerprint density at radius 1 is 1.00 bits per heavy atom. The van der Waals surface area contributed by atoms with Crippen LogP contribution < -0.4 is 27.5 Å². The third-order valence-electron chi connectivity index (χ3n) is 9.19. The number of aromatic nitrogens is 3. The molecular weight excluding hydrogens is 636 g/mol. The molecule has 12 nitrogen and oxygen atoms in total. The minimum atomic E-state index is -1.29. The van der Waals surface area contributed by atoms with Crippen molar-refractivity contribution in [2.45, 2.75) is 45.1 Å². The highest BCUT2D eigenvalue weighted by Gasteiger charge is 2.29. The van der Waals surface area contributed by atoms with Crippen LogP contribution in [-0.2, 0) is 16.0 Å². The number of hydrogen-bond acceptors (Lipinski definition) is 6. The molecule has 1 aliphatic rings. The van der Waals surface area contributed by atoms with Crippen molar-refractivity contribution in [2.75, 3.05) is 11.9 Å². The van der Waals surface area contributed by atoms with Gasteiger partial charge in [0.1, 0.15) is 11.6 Å². The molecule has 3 aromatic carbocycles. The largest absolute Gasteiger partial charge is 0.477 e. The molecule has 2 heterocycles. The predicted molar refractivity (Wildman–Crippen MR) is 184 cm³/mol. The number of rotatable bonds is 9. The number of anilines is 1. The Morgan fingerprint density at radius 3 is 2.42 bits per heavy atom. The molecule has 1 fully saturated rings. The molecule has 5 aromatic rings. The van der Waals surface area contributed by atoms with Gasteiger partial charge in [-0.2, -0.15) is 0 Å². The first-order chi connectivity index (χ1) is 23.0. The molecule has 1 saturated carbocycles. The third-order valence-corrected chi connectivity index (χ3v) is 9.49. The van der Waals surface area contributed by atoms with E-state index in [-0.39, 0.29) is 34.2 Å². The van der Waals surface area contributed by atoms with E-state index in [1.54, 1.807) is 12.1 Å². The lowest BCUT2D eigenvalue weighted by molar-refractivity contribution is -0.130. The number of carboxylic acids is 1. The Morgan fingerprint density at radius 2 is 1.73 bits per heavy atom. The summed E-state index contributed by atoms with van der Waals surface area (Å²) in [5, 5.41) is 15.7. The lowest BCUT2D eigenvalue weighted by Crippen LogP contribution is -2.48. The third kappa shape index (κ3) is 6.76. The second-order valence-corrected chi connectivity index (χ2v) is 12.8. The summed E-state index contributed by atoms with van der Waals surface area (Å²) in [6.45, 7) is 2.44. The number of hydrogen-bond donors (Lipinski definition) is 7. The van der Waals surface area contributed by atoms with Gasteiger partial charge in [-0.1, -0.05) is 35.9 Å². The molecule has 0 radical (unpaired) electrons. The van der Waals surface area contributed by atoms with Crippen LogP contribution in [0, 0.1) is 18.8 Å². The minimum absolute atomic E-state index is 0.183. The van der Waals surface area contributed by atoms with Gasteiger partial charge >= 0.3 is 11.7 Å². The molecule has 0 bridgehead atoms. The Hall–Kier alpha value is -5.20. The fraction of sp³-hybridized carbons (Fsp3) is 0.286. The van der Waals surface area contributed by atoms with E-state index in [0.29, 0.717) is 47.5 Å². The maximum Gasteiger partial charge on any atom is 0.341 e. The van der Waals surface area contributed by atoms with E-state index < -0.39 is 29.0 Å². The number of nitrogens with one attached hydrogen (secondary N) is 5. The summed E-state index contributed by atoms with van der Waals surface area (Å²) in [4.78, 5) is 71.2. The number of aromatic carboxylic acids is 1. The van der Waals surface area contributed by atoms with Crippen LogP contribution in [0.3, 0.4) is 0 Å². The zero-order valence-electron chi connectivity index (χ0n) is 26.1. The van der Waals surface area contributed by atoms with Gasteiger partial charge in [-0.15, -0.1) is 0 Å². The summed E-state index contributed by atoms with van der Waals surface area (Å²) in [5.41, 5.74) is 9.56. The van der Waals surface area contributed by atoms with Crippen molar-refractivity contribution in [3.63, 3.8) is 0 Å². The number of carbonyl (C=O) groups excluding carboxylic acids is 2. The maximum atomic E-state index is 13.7. The van der Waals surface area contributed by atoms with E-state index >= 15 is 0 Å². The number of halogens is 1. The lowest BCUT2D eigenvalue weighted by atomic mass is 9.81. The van der Waals surface area contributed by atoms with Gasteiger partial charge in [-0.05, 0) is 91.6 Å². The van der Waals surface area contributed by atoms with Gasteiger partial charge in [0.05, 0.1) is 16.1 Å². The highest BCUT2D eigenvalue weighted by Crippen LogP contribution is 2.30. The first kappa shape index (κ1) is 32.7. The molecule has 1 atom stereocenters. The smallest absolute Gasteiger partial charge is 0.341 e. The van der Waals surface area contributed by atoms with Gasteiger partial charge in [-0.25, -0.2) is 9.59 Å². The molecule has 48 heavy (non-hydrogen) atoms. The molecule has 248 valence electrons. The molecule has 0 aliphatic heterocycles. The van der Waals surface area contributed by atoms with Gasteiger partial charge < -0.3 is 36.4 Å². The van der Waals surface area contributed by atoms with Crippen molar-refractivity contribution in [3.05, 3.63) is 97.1 Å². The van der Waals surface area contributed by atoms with Gasteiger partial charge in [0.15, 0.2) is 0 Å². The Balaban J connectivity index is 1.25. The first-order valence-corrected chi connectivity index (χ1v) is 16.1. The average molecular weight is 671 g/mol. The highest BCUT2D eigenvalue weighted by molar-refractivity contribution is 6.35. The summed E-state index contributed by atoms with van der Waals surface area (Å²) >= 11 is 6.35. The van der Waals surface area contributed by atoms with E-state index in [1.165, 1.54) is 12.3 Å². The van der Waals surface area contributed by atoms with Gasteiger partial charge in [0.2, 0.25) is 17.2 Å². The SMILES string of the molecule is Cc1cc2c(=O)c(C(=O)O)c[nH]c2cc1-c1ccc(C[C@H](NC(=O)C2CCC(CN)CC2)C(=O)Nc2cc(Cl)c3[nH]c(=O)[nH]c3c2)cc1. The van der Waals surface area contributed by atoms with Crippen molar-refractivity contribution in [1.29, 1.82) is 0 Å². The summed E-state index contributed by atoms with van der Waals surface area (Å²) in [6, 6.07) is 13.3. The van der Waals surface area contributed by atoms with Crippen LogP contribution in [0.25, 0.3) is 33.1 Å². The Bertz CT molecular complexity index is 2160. The molecule has 0 saturated heterocycles. The van der Waals surface area contributed by atoms with E-state index in [9.17, 15) is 29.1 Å². The predicted octanol–water partition coefficient (Wildman–Crippen LogP) is 4.46. The number of carbonyl (C=O) groups is 3. The van der Waals surface area contributed by atoms with Gasteiger partial charge in [-0.3, -0.25) is 14.4 Å². The van der Waals surface area contributed by atoms with Crippen molar-refractivity contribution < 1.29 is 19.5 Å². The fourth-order valence-corrected chi connectivity index (χ4v) is 6.73. The van der Waals surface area contributed by atoms with Crippen molar-refractivity contribution in [2.24, 2.45) is 17.6 Å². The van der Waals surface area contributed by atoms with Crippen LogP contribution in [0.4, 0.5) is 5.69 Å². The average Bonchev–Trinajstić information content (AvgIpc) is 3.45. The topological polar surface area (TPSA) is 203 Å². The highest BCUT2D eigenvalue weighted by atomic mass is 35.5. The van der Waals surface area contributed by atoms with Crippen LogP contribution >= 0.6 is 11.6 Å². The first-order valence-electron chi connectivity index (χ1n) is 15.7. The summed E-state index contributed by atoms with van der Waals surface area (Å²) in [7, 11) is 0. The van der Waals surface area contributed by atoms with E-state index in [0.717, 1.165) is 35.1 Å². The Kier molecular flexibility index (Phi) is 9.20. The molecule has 2 aromatic heterocycles. The number of fused-ring (bicyclic) bond motifs is 2. The number of imidazole rings is 1. The van der Waals surface area contributed by atoms with Crippen LogP contribution in [0.2, 0.25) is 5.02 Å². The lowest BCUT2D eigenvalue weighted by Gasteiger charge is -2.28. The van der Waals surface area contributed by atoms with Crippen LogP contribution in [0.5, 0.6) is 0 Å². The van der Waals surface area contributed by atoms with Crippen molar-refractivity contribution >= 4 is 57.0 Å². The molecule has 6 rings (SSSR count). The monoisotopic (exact) mass is 670 g/mol. The Labute approximate surface area is 279 Å². The van der Waals surface area contributed by atoms with E-state index in [4.69, 9.17) is 17.3 Å². The second-order valence-electron chi connectivity index (χ2n) is 12.4. The fourth-order valence-electron chi connectivity index (χ4n) is 6.46. The van der Waals surface area contributed by atoms with Gasteiger partial charge in [0, 0.05) is 35.1 Å². The summed E-state index contributed by atoms with van der Waals surface area (Å²) < 4.78 is 0. The number of aromatic amines is 3. The van der Waals surface area contributed by atoms with Crippen LogP contribution in [0.1, 0.15) is 47.2 Å². The molecule has 2 amide bonds. The standard InChI is InChI=1S/C35H35ClN6O6/c1-17-10-24-27(38-16-25(31(24)43)34(46)47)14-23(17)20-6-2-18(3-7-20)11-29(40-32(44)21-8-4-19(15-37)5-9-21)33(45)39-22-12-26(36)30-28(13-22)41-35(48)42-30/h2-3,6-7,10,12-14,16,19,21,29H,4-5,8-9,11,15,37H2,1H3,(H,38,43)(H,39,45)(H,40,44)(H,46,47)(H2,41,42,48)/t19?,21?,29-/m0/s1. The molecule has 13 heteroatoms. The number of benzene rings is 3. The minimum Gasteiger partial charge on any atom is -0.477 e. The van der Waals surface area contributed by atoms with E-state index in [2.05, 4.69) is 25.6 Å². The number of amides is 2. The molecular formula is C35H35ClN6O6. The number of carboxylic acid groups (broad SMARTS) is 1. The molecule has 0 unspecified atom stereocenters. The molecule has 0 spiro atoms. The summed E-state index contributed by atoms with van der Waals surface area (Å²) in [6.07, 6.45) is 4.54. The maximum absolute atomic E-state index is 13.7. The number of aryl methyl sites for hydroxylation is 1. The number of nitrogens with two attached hydrogens (primary N) is 1. The quantitative estimate of drug-likeness (QED) is 0.120. The number of H-pyrrole nitrogens is 3. The normalized spacial score (nSPS) is 16.9. The zero-order valence-corrected chi connectivity index (χ0v) is 26.9. The second kappa shape index (κ2) is 13.5. The van der Waals surface area contributed by atoms with Crippen molar-refractivity contribution in [3.8, 4) is 11.1 Å².